The van der Waals surface area contributed by atoms with Crippen LogP contribution in [0.25, 0.3) is 11.1 Å². The van der Waals surface area contributed by atoms with Crippen molar-refractivity contribution in [1.82, 2.24) is 9.47 Å². The zero-order valence-corrected chi connectivity index (χ0v) is 15.9. The van der Waals surface area contributed by atoms with Crippen LogP contribution in [0.1, 0.15) is 28.6 Å². The number of hydrogen-bond donors (Lipinski definition) is 0. The van der Waals surface area contributed by atoms with Crippen LogP contribution in [0.2, 0.25) is 5.02 Å². The van der Waals surface area contributed by atoms with Gasteiger partial charge in [-0.05, 0) is 54.3 Å². The van der Waals surface area contributed by atoms with Crippen LogP contribution in [-0.2, 0) is 6.54 Å². The van der Waals surface area contributed by atoms with Crippen LogP contribution in [0.15, 0.2) is 64.0 Å². The molecule has 5 nitrogen and oxygen atoms in total. The van der Waals surface area contributed by atoms with E-state index in [1.54, 1.807) is 24.3 Å². The smallest absolute Gasteiger partial charge is 0.289 e. The lowest BCUT2D eigenvalue weighted by molar-refractivity contribution is 0.0564. The summed E-state index contributed by atoms with van der Waals surface area (Å²) in [6, 6.07) is 14.7. The third kappa shape index (κ3) is 2.87. The number of rotatable bonds is 2. The zero-order valence-electron chi connectivity index (χ0n) is 15.2. The van der Waals surface area contributed by atoms with Crippen LogP contribution in [0.4, 0.5) is 0 Å². The number of amides is 1. The highest BCUT2D eigenvalue weighted by Crippen LogP contribution is 2.36. The molecule has 2 bridgehead atoms. The molecule has 1 saturated heterocycles. The number of furan rings is 1. The minimum atomic E-state index is -0.0757. The van der Waals surface area contributed by atoms with Gasteiger partial charge >= 0.3 is 0 Å². The Hall–Kier alpha value is -2.79. The molecule has 1 fully saturated rings. The maximum atomic E-state index is 13.2. The summed E-state index contributed by atoms with van der Waals surface area (Å²) in [5, 5.41) is 0.651. The monoisotopic (exact) mass is 394 g/mol. The highest BCUT2D eigenvalue weighted by Gasteiger charge is 2.37. The molecule has 142 valence electrons. The number of benzene rings is 1. The Morgan fingerprint density at radius 2 is 1.86 bits per heavy atom. The molecule has 2 aromatic heterocycles. The lowest BCUT2D eigenvalue weighted by Gasteiger charge is -2.42. The van der Waals surface area contributed by atoms with Gasteiger partial charge < -0.3 is 13.9 Å². The van der Waals surface area contributed by atoms with E-state index in [2.05, 4.69) is 0 Å². The van der Waals surface area contributed by atoms with Gasteiger partial charge in [-0.15, -0.1) is 0 Å². The van der Waals surface area contributed by atoms with Crippen molar-refractivity contribution in [2.45, 2.75) is 18.9 Å². The second-order valence-corrected chi connectivity index (χ2v) is 8.02. The van der Waals surface area contributed by atoms with E-state index in [1.807, 2.05) is 33.7 Å². The average Bonchev–Trinajstić information content (AvgIpc) is 3.24. The first-order valence-corrected chi connectivity index (χ1v) is 9.80. The Labute approximate surface area is 167 Å². The van der Waals surface area contributed by atoms with E-state index in [0.29, 0.717) is 36.0 Å². The number of hydrogen-bond acceptors (Lipinski definition) is 3. The van der Waals surface area contributed by atoms with Gasteiger partial charge in [-0.1, -0.05) is 23.7 Å². The summed E-state index contributed by atoms with van der Waals surface area (Å²) in [7, 11) is 0. The van der Waals surface area contributed by atoms with E-state index in [-0.39, 0.29) is 23.3 Å². The van der Waals surface area contributed by atoms with Gasteiger partial charge in [0.2, 0.25) is 0 Å². The molecule has 0 N–H and O–H groups in total. The molecule has 0 saturated carbocycles. The van der Waals surface area contributed by atoms with Crippen molar-refractivity contribution in [3.63, 3.8) is 0 Å². The zero-order chi connectivity index (χ0) is 19.3. The van der Waals surface area contributed by atoms with Gasteiger partial charge in [-0.3, -0.25) is 9.59 Å². The van der Waals surface area contributed by atoms with Crippen molar-refractivity contribution in [1.29, 1.82) is 0 Å². The minimum Gasteiger partial charge on any atom is -0.459 e. The summed E-state index contributed by atoms with van der Waals surface area (Å²) in [4.78, 5) is 27.7. The molecule has 6 heteroatoms. The van der Waals surface area contributed by atoms with Crippen molar-refractivity contribution < 1.29 is 9.21 Å². The second kappa shape index (κ2) is 6.67. The molecule has 3 aromatic rings. The maximum Gasteiger partial charge on any atom is 0.289 e. The van der Waals surface area contributed by atoms with Gasteiger partial charge in [0.1, 0.15) is 0 Å². The fourth-order valence-corrected chi connectivity index (χ4v) is 4.64. The topological polar surface area (TPSA) is 55.5 Å². The largest absolute Gasteiger partial charge is 0.459 e. The van der Waals surface area contributed by atoms with Gasteiger partial charge in [0.05, 0.1) is 6.26 Å². The number of likely N-dealkylation sites (tertiary alicyclic amines) is 1. The molecule has 1 amide bonds. The van der Waals surface area contributed by atoms with Crippen LogP contribution in [0.3, 0.4) is 0 Å². The second-order valence-electron chi connectivity index (χ2n) is 7.58. The summed E-state index contributed by atoms with van der Waals surface area (Å²) in [6.07, 6.45) is 2.52. The molecule has 0 unspecified atom stereocenters. The van der Waals surface area contributed by atoms with Crippen molar-refractivity contribution in [2.75, 3.05) is 13.1 Å². The Bertz CT molecular complexity index is 1090. The summed E-state index contributed by atoms with van der Waals surface area (Å²) in [5.74, 6) is 0.727. The fraction of sp³-hybridized carbons (Fsp3) is 0.273. The Morgan fingerprint density at radius 1 is 1.04 bits per heavy atom. The predicted octanol–water partition coefficient (Wildman–Crippen LogP) is 4.02. The van der Waals surface area contributed by atoms with Crippen LogP contribution in [0.5, 0.6) is 0 Å². The van der Waals surface area contributed by atoms with Gasteiger partial charge in [0.15, 0.2) is 5.76 Å². The van der Waals surface area contributed by atoms with Gasteiger partial charge in [0.25, 0.3) is 11.5 Å². The number of fused-ring (bicyclic) bond motifs is 4. The predicted molar refractivity (Wildman–Crippen MR) is 107 cm³/mol. The van der Waals surface area contributed by atoms with E-state index in [4.69, 9.17) is 16.0 Å². The number of aromatic nitrogens is 1. The van der Waals surface area contributed by atoms with Crippen LogP contribution < -0.4 is 5.56 Å². The van der Waals surface area contributed by atoms with E-state index in [1.165, 1.54) is 6.26 Å². The van der Waals surface area contributed by atoms with Crippen molar-refractivity contribution in [2.24, 2.45) is 5.92 Å². The van der Waals surface area contributed by atoms with Crippen molar-refractivity contribution in [3.05, 3.63) is 81.6 Å². The Balaban J connectivity index is 1.48. The molecule has 0 spiro atoms. The molecule has 0 radical (unpaired) electrons. The van der Waals surface area contributed by atoms with E-state index in [0.717, 1.165) is 17.7 Å². The normalized spacial score (nSPS) is 20.7. The standard InChI is InChI=1S/C22H19ClN2O3/c23-17-5-3-15(4-6-17)18-7-8-19-16-10-14(12-25(19)21(18)26)11-24(13-16)22(27)20-2-1-9-28-20/h1-9,14,16H,10-13H2/t14-,16+/m0/s1. The number of pyridine rings is 1. The molecular weight excluding hydrogens is 376 g/mol. The number of halogens is 1. The first-order chi connectivity index (χ1) is 13.6. The molecule has 2 aliphatic rings. The molecule has 0 aliphatic carbocycles. The Morgan fingerprint density at radius 3 is 2.61 bits per heavy atom. The third-order valence-corrected chi connectivity index (χ3v) is 6.03. The van der Waals surface area contributed by atoms with Crippen molar-refractivity contribution in [3.8, 4) is 11.1 Å². The molecule has 5 rings (SSSR count). The van der Waals surface area contributed by atoms with E-state index < -0.39 is 0 Å². The lowest BCUT2D eigenvalue weighted by Crippen LogP contribution is -2.49. The summed E-state index contributed by atoms with van der Waals surface area (Å²) >= 11 is 5.97. The highest BCUT2D eigenvalue weighted by molar-refractivity contribution is 6.30. The van der Waals surface area contributed by atoms with Gasteiger partial charge in [0, 0.05) is 41.8 Å². The molecule has 2 atom stereocenters. The number of piperidine rings is 1. The summed E-state index contributed by atoms with van der Waals surface area (Å²) in [6.45, 7) is 1.89. The first-order valence-electron chi connectivity index (χ1n) is 9.42. The van der Waals surface area contributed by atoms with Gasteiger partial charge in [-0.25, -0.2) is 0 Å². The SMILES string of the molecule is O=C(c1ccco1)N1C[C@@H]2C[C@H](C1)c1ccc(-c3ccc(Cl)cc3)c(=O)n1C2. The van der Waals surface area contributed by atoms with Crippen molar-refractivity contribution >= 4 is 17.5 Å². The molecular formula is C22H19ClN2O3. The minimum absolute atomic E-state index is 0.0281. The molecule has 1 aromatic carbocycles. The first kappa shape index (κ1) is 17.3. The van der Waals surface area contributed by atoms with Gasteiger partial charge in [-0.2, -0.15) is 0 Å². The summed E-state index contributed by atoms with van der Waals surface area (Å²) in [5.41, 5.74) is 2.59. The van der Waals surface area contributed by atoms with Crippen LogP contribution >= 0.6 is 11.6 Å². The number of carbonyl (C=O) groups excluding carboxylic acids is 1. The maximum absolute atomic E-state index is 13.2. The number of carbonyl (C=O) groups is 1. The quantitative estimate of drug-likeness (QED) is 0.659. The Kier molecular flexibility index (Phi) is 4.13. The third-order valence-electron chi connectivity index (χ3n) is 5.78. The van der Waals surface area contributed by atoms with Crippen LogP contribution in [0, 0.1) is 5.92 Å². The summed E-state index contributed by atoms with van der Waals surface area (Å²) < 4.78 is 7.18. The van der Waals surface area contributed by atoms with E-state index >= 15 is 0 Å². The lowest BCUT2D eigenvalue weighted by atomic mass is 9.82. The highest BCUT2D eigenvalue weighted by atomic mass is 35.5. The average molecular weight is 395 g/mol. The number of nitrogens with zero attached hydrogens (tertiary/aromatic N) is 2. The van der Waals surface area contributed by atoms with E-state index in [9.17, 15) is 9.59 Å². The van der Waals surface area contributed by atoms with Crippen LogP contribution in [-0.4, -0.2) is 28.5 Å². The fourth-order valence-electron chi connectivity index (χ4n) is 4.52. The molecule has 28 heavy (non-hydrogen) atoms. The molecule has 2 aliphatic heterocycles. The molecule has 4 heterocycles.